The fourth-order valence-electron chi connectivity index (χ4n) is 2.23. The Balaban J connectivity index is 2.54. The van der Waals surface area contributed by atoms with Crippen molar-refractivity contribution < 1.29 is 9.53 Å². The summed E-state index contributed by atoms with van der Waals surface area (Å²) in [5, 5.41) is 0. The predicted octanol–water partition coefficient (Wildman–Crippen LogP) is 2.97. The maximum absolute atomic E-state index is 12.3. The van der Waals surface area contributed by atoms with Gasteiger partial charge in [-0.15, -0.1) is 0 Å². The number of methoxy groups -OCH3 is 1. The number of hydrogen-bond donors (Lipinski definition) is 0. The molecule has 0 aliphatic heterocycles. The van der Waals surface area contributed by atoms with Gasteiger partial charge >= 0.3 is 0 Å². The summed E-state index contributed by atoms with van der Waals surface area (Å²) in [4.78, 5) is 14.3. The van der Waals surface area contributed by atoms with E-state index in [2.05, 4.69) is 17.6 Å². The topological polar surface area (TPSA) is 34.5 Å². The number of ether oxygens (including phenoxy) is 1. The molecule has 0 aliphatic rings. The van der Waals surface area contributed by atoms with Gasteiger partial charge in [-0.25, -0.2) is 0 Å². The van der Waals surface area contributed by atoms with Gasteiger partial charge in [-0.05, 0) is 25.0 Å². The van der Waals surface area contributed by atoms with Crippen LogP contribution < -0.4 is 0 Å². The molecule has 0 aliphatic carbocycles. The molecule has 1 amide bonds. The van der Waals surface area contributed by atoms with E-state index in [4.69, 9.17) is 4.74 Å². The van der Waals surface area contributed by atoms with Gasteiger partial charge < -0.3 is 14.2 Å². The van der Waals surface area contributed by atoms with Crippen molar-refractivity contribution in [2.75, 3.05) is 20.3 Å². The number of aromatic nitrogens is 1. The molecule has 1 aromatic heterocycles. The fraction of sp³-hybridized carbons (Fsp3) is 0.688. The Hall–Kier alpha value is -1.29. The molecule has 0 aromatic carbocycles. The molecule has 0 N–H and O–H groups in total. The lowest BCUT2D eigenvalue weighted by Crippen LogP contribution is -2.32. The van der Waals surface area contributed by atoms with Crippen molar-refractivity contribution in [2.24, 2.45) is 7.05 Å². The summed E-state index contributed by atoms with van der Waals surface area (Å²) in [6.45, 7) is 4.32. The number of amides is 1. The number of carbonyl (C=O) groups is 1. The van der Waals surface area contributed by atoms with Crippen molar-refractivity contribution >= 4 is 5.91 Å². The van der Waals surface area contributed by atoms with E-state index in [1.165, 1.54) is 5.69 Å². The minimum atomic E-state index is 0.260. The first-order chi connectivity index (χ1) is 9.69. The van der Waals surface area contributed by atoms with Gasteiger partial charge in [0.1, 0.15) is 0 Å². The van der Waals surface area contributed by atoms with Crippen molar-refractivity contribution in [3.05, 3.63) is 24.0 Å². The summed E-state index contributed by atoms with van der Waals surface area (Å²) < 4.78 is 7.16. The maximum Gasteiger partial charge on any atom is 0.222 e. The Morgan fingerprint density at radius 1 is 1.35 bits per heavy atom. The molecule has 0 bridgehead atoms. The van der Waals surface area contributed by atoms with Gasteiger partial charge in [0.15, 0.2) is 0 Å². The van der Waals surface area contributed by atoms with E-state index in [0.717, 1.165) is 32.2 Å². The Morgan fingerprint density at radius 3 is 2.75 bits per heavy atom. The van der Waals surface area contributed by atoms with E-state index < -0.39 is 0 Å². The van der Waals surface area contributed by atoms with Crippen LogP contribution in [0.15, 0.2) is 18.3 Å². The van der Waals surface area contributed by atoms with Gasteiger partial charge in [-0.2, -0.15) is 0 Å². The van der Waals surface area contributed by atoms with Crippen molar-refractivity contribution in [1.82, 2.24) is 9.47 Å². The average molecular weight is 280 g/mol. The standard InChI is InChI=1S/C16H28N2O2/c1-4-5-6-10-16(19)18(12-8-13-20-3)14-15-9-7-11-17(15)2/h7,9,11H,4-6,8,10,12-14H2,1-3H3. The maximum atomic E-state index is 12.3. The normalized spacial score (nSPS) is 10.8. The lowest BCUT2D eigenvalue weighted by atomic mass is 10.2. The third kappa shape index (κ3) is 5.78. The van der Waals surface area contributed by atoms with Crippen LogP contribution in [0.4, 0.5) is 0 Å². The predicted molar refractivity (Wildman–Crippen MR) is 81.5 cm³/mol. The summed E-state index contributed by atoms with van der Waals surface area (Å²) in [5.41, 5.74) is 1.17. The van der Waals surface area contributed by atoms with Crippen LogP contribution in [0.3, 0.4) is 0 Å². The quantitative estimate of drug-likeness (QED) is 0.618. The van der Waals surface area contributed by atoms with Gasteiger partial charge in [-0.1, -0.05) is 19.8 Å². The molecule has 20 heavy (non-hydrogen) atoms. The highest BCUT2D eigenvalue weighted by molar-refractivity contribution is 5.76. The van der Waals surface area contributed by atoms with Crippen LogP contribution in [-0.4, -0.2) is 35.6 Å². The van der Waals surface area contributed by atoms with Crippen molar-refractivity contribution in [3.8, 4) is 0 Å². The Morgan fingerprint density at radius 2 is 2.15 bits per heavy atom. The van der Waals surface area contributed by atoms with Gasteiger partial charge in [0, 0.05) is 45.6 Å². The first-order valence-corrected chi connectivity index (χ1v) is 7.56. The van der Waals surface area contributed by atoms with Crippen LogP contribution >= 0.6 is 0 Å². The highest BCUT2D eigenvalue weighted by atomic mass is 16.5. The molecular weight excluding hydrogens is 252 g/mol. The summed E-state index contributed by atoms with van der Waals surface area (Å²) in [5.74, 6) is 0.260. The first kappa shape index (κ1) is 16.8. The zero-order valence-corrected chi connectivity index (χ0v) is 13.1. The summed E-state index contributed by atoms with van der Waals surface area (Å²) >= 11 is 0. The van der Waals surface area contributed by atoms with Crippen molar-refractivity contribution in [3.63, 3.8) is 0 Å². The number of rotatable bonds is 10. The molecular formula is C16H28N2O2. The van der Waals surface area contributed by atoms with Gasteiger partial charge in [0.2, 0.25) is 5.91 Å². The minimum Gasteiger partial charge on any atom is -0.385 e. The summed E-state index contributed by atoms with van der Waals surface area (Å²) in [7, 11) is 3.72. The summed E-state index contributed by atoms with van der Waals surface area (Å²) in [6.07, 6.45) is 6.83. The number of aryl methyl sites for hydroxylation is 1. The van der Waals surface area contributed by atoms with Crippen LogP contribution in [-0.2, 0) is 23.1 Å². The molecule has 0 saturated heterocycles. The van der Waals surface area contributed by atoms with Gasteiger partial charge in [-0.3, -0.25) is 4.79 Å². The van der Waals surface area contributed by atoms with Gasteiger partial charge in [0.05, 0.1) is 6.54 Å². The fourth-order valence-corrected chi connectivity index (χ4v) is 2.23. The van der Waals surface area contributed by atoms with E-state index in [0.29, 0.717) is 19.6 Å². The number of carbonyl (C=O) groups excluding carboxylic acids is 1. The van der Waals surface area contributed by atoms with Crippen LogP contribution in [0.1, 0.15) is 44.7 Å². The molecule has 0 radical (unpaired) electrons. The second-order valence-corrected chi connectivity index (χ2v) is 5.23. The second kappa shape index (κ2) is 9.59. The van der Waals surface area contributed by atoms with Crippen LogP contribution in [0.2, 0.25) is 0 Å². The molecule has 0 fully saturated rings. The molecule has 114 valence electrons. The Bertz CT molecular complexity index is 388. The van der Waals surface area contributed by atoms with Crippen molar-refractivity contribution in [1.29, 1.82) is 0 Å². The zero-order chi connectivity index (χ0) is 14.8. The van der Waals surface area contributed by atoms with E-state index in [1.54, 1.807) is 7.11 Å². The Kier molecular flexibility index (Phi) is 8.04. The third-order valence-corrected chi connectivity index (χ3v) is 3.53. The number of nitrogens with zero attached hydrogens (tertiary/aromatic N) is 2. The number of hydrogen-bond acceptors (Lipinski definition) is 2. The Labute approximate surface area is 122 Å². The highest BCUT2D eigenvalue weighted by Gasteiger charge is 2.14. The molecule has 0 atom stereocenters. The SMILES string of the molecule is CCCCCC(=O)N(CCCOC)Cc1cccn1C. The lowest BCUT2D eigenvalue weighted by Gasteiger charge is -2.23. The highest BCUT2D eigenvalue weighted by Crippen LogP contribution is 2.10. The molecule has 1 rings (SSSR count). The second-order valence-electron chi connectivity index (χ2n) is 5.23. The smallest absolute Gasteiger partial charge is 0.222 e. The van der Waals surface area contributed by atoms with Crippen LogP contribution in [0.25, 0.3) is 0 Å². The third-order valence-electron chi connectivity index (χ3n) is 3.53. The first-order valence-electron chi connectivity index (χ1n) is 7.56. The molecule has 0 spiro atoms. The van der Waals surface area contributed by atoms with Crippen LogP contribution in [0.5, 0.6) is 0 Å². The van der Waals surface area contributed by atoms with E-state index in [1.807, 2.05) is 24.2 Å². The molecule has 0 unspecified atom stereocenters. The monoisotopic (exact) mass is 280 g/mol. The molecule has 1 aromatic rings. The zero-order valence-electron chi connectivity index (χ0n) is 13.1. The number of unbranched alkanes of at least 4 members (excludes halogenated alkanes) is 2. The van der Waals surface area contributed by atoms with Crippen molar-refractivity contribution in [2.45, 2.75) is 45.6 Å². The minimum absolute atomic E-state index is 0.260. The lowest BCUT2D eigenvalue weighted by molar-refractivity contribution is -0.132. The van der Waals surface area contributed by atoms with E-state index in [9.17, 15) is 4.79 Å². The van der Waals surface area contributed by atoms with E-state index in [-0.39, 0.29) is 5.91 Å². The van der Waals surface area contributed by atoms with Crippen LogP contribution in [0, 0.1) is 0 Å². The molecule has 0 saturated carbocycles. The van der Waals surface area contributed by atoms with Gasteiger partial charge in [0.25, 0.3) is 0 Å². The van der Waals surface area contributed by atoms with E-state index >= 15 is 0 Å². The molecule has 4 heteroatoms. The summed E-state index contributed by atoms with van der Waals surface area (Å²) in [6, 6.07) is 4.09. The average Bonchev–Trinajstić information content (AvgIpc) is 2.83. The largest absolute Gasteiger partial charge is 0.385 e. The molecule has 1 heterocycles. The molecule has 4 nitrogen and oxygen atoms in total.